The van der Waals surface area contributed by atoms with Gasteiger partial charge in [-0.3, -0.25) is 0 Å². The third-order valence-corrected chi connectivity index (χ3v) is 13.5. The van der Waals surface area contributed by atoms with Crippen LogP contribution in [0.15, 0.2) is 243 Å². The molecule has 0 amide bonds. The van der Waals surface area contributed by atoms with Crippen LogP contribution in [0.2, 0.25) is 0 Å². The Morgan fingerprint density at radius 3 is 1.47 bits per heavy atom. The highest BCUT2D eigenvalue weighted by molar-refractivity contribution is 6.16. The molecule has 2 aromatic heterocycles. The van der Waals surface area contributed by atoms with Gasteiger partial charge >= 0.3 is 0 Å². The second kappa shape index (κ2) is 15.2. The summed E-state index contributed by atoms with van der Waals surface area (Å²) in [4.78, 5) is 15.0. The Kier molecular flexibility index (Phi) is 8.72. The molecule has 0 radical (unpaired) electrons. The van der Waals surface area contributed by atoms with E-state index in [0.717, 1.165) is 39.0 Å². The third-order valence-electron chi connectivity index (χ3n) is 13.5. The first-order chi connectivity index (χ1) is 32.7. The minimum absolute atomic E-state index is 0.597. The molecule has 0 fully saturated rings. The largest absolute Gasteiger partial charge is 0.309 e. The Morgan fingerprint density at radius 2 is 0.803 bits per heavy atom. The van der Waals surface area contributed by atoms with Crippen molar-refractivity contribution in [1.29, 1.82) is 0 Å². The van der Waals surface area contributed by atoms with Crippen LogP contribution in [-0.4, -0.2) is 19.5 Å². The first-order valence-corrected chi connectivity index (χ1v) is 22.5. The van der Waals surface area contributed by atoms with E-state index in [0.29, 0.717) is 17.5 Å². The maximum absolute atomic E-state index is 5.05. The number of aromatic nitrogens is 4. The second-order valence-electron chi connectivity index (χ2n) is 17.1. The fraction of sp³-hybridized carbons (Fsp3) is 0.0161. The molecular weight excluding hydrogens is 801 g/mol. The highest BCUT2D eigenvalue weighted by Crippen LogP contribution is 2.61. The molecule has 0 bridgehead atoms. The van der Waals surface area contributed by atoms with E-state index in [4.69, 9.17) is 15.0 Å². The zero-order valence-corrected chi connectivity index (χ0v) is 35.9. The molecule has 0 N–H and O–H groups in total. The highest BCUT2D eigenvalue weighted by atomic mass is 15.0. The van der Waals surface area contributed by atoms with Crippen molar-refractivity contribution in [1.82, 2.24) is 19.5 Å². The Labute approximate surface area is 382 Å². The Morgan fingerprint density at radius 1 is 0.318 bits per heavy atom. The molecule has 308 valence electrons. The molecule has 12 aromatic rings. The number of rotatable bonds is 7. The molecule has 66 heavy (non-hydrogen) atoms. The molecule has 13 rings (SSSR count). The van der Waals surface area contributed by atoms with Crippen molar-refractivity contribution in [3.8, 4) is 62.1 Å². The molecule has 1 aliphatic rings. The minimum atomic E-state index is -0.597. The first-order valence-electron chi connectivity index (χ1n) is 22.5. The molecule has 1 aliphatic carbocycles. The molecule has 0 spiro atoms. The van der Waals surface area contributed by atoms with E-state index >= 15 is 0 Å². The molecule has 0 aliphatic heterocycles. The summed E-state index contributed by atoms with van der Waals surface area (Å²) in [6.07, 6.45) is 0. The molecule has 0 unspecified atom stereocenters. The van der Waals surface area contributed by atoms with Crippen LogP contribution in [0, 0.1) is 0 Å². The number of para-hydroxylation sites is 1. The van der Waals surface area contributed by atoms with E-state index in [1.165, 1.54) is 60.4 Å². The number of fused-ring (bicyclic) bond motifs is 9. The second-order valence-corrected chi connectivity index (χ2v) is 17.1. The van der Waals surface area contributed by atoms with Gasteiger partial charge in [0, 0.05) is 33.2 Å². The lowest BCUT2D eigenvalue weighted by atomic mass is 9.66. The lowest BCUT2D eigenvalue weighted by Gasteiger charge is -2.35. The van der Waals surface area contributed by atoms with Gasteiger partial charge in [0.05, 0.1) is 16.4 Å². The van der Waals surface area contributed by atoms with Gasteiger partial charge in [0.15, 0.2) is 17.5 Å². The van der Waals surface area contributed by atoms with E-state index in [-0.39, 0.29) is 0 Å². The molecule has 2 heterocycles. The zero-order valence-electron chi connectivity index (χ0n) is 35.9. The molecule has 0 atom stereocenters. The molecular formula is C62H40N4. The minimum Gasteiger partial charge on any atom is -0.309 e. The number of hydrogen-bond acceptors (Lipinski definition) is 3. The molecule has 4 heteroatoms. The van der Waals surface area contributed by atoms with Crippen LogP contribution in [0.4, 0.5) is 0 Å². The fourth-order valence-corrected chi connectivity index (χ4v) is 10.7. The zero-order chi connectivity index (χ0) is 43.6. The van der Waals surface area contributed by atoms with Crippen molar-refractivity contribution in [3.63, 3.8) is 0 Å². The number of nitrogens with zero attached hydrogens (tertiary/aromatic N) is 4. The molecule has 10 aromatic carbocycles. The van der Waals surface area contributed by atoms with Crippen molar-refractivity contribution < 1.29 is 0 Å². The van der Waals surface area contributed by atoms with E-state index in [1.54, 1.807) is 0 Å². The van der Waals surface area contributed by atoms with Crippen LogP contribution < -0.4 is 0 Å². The number of benzene rings is 10. The van der Waals surface area contributed by atoms with Crippen molar-refractivity contribution in [2.75, 3.05) is 0 Å². The Balaban J connectivity index is 1.02. The lowest BCUT2D eigenvalue weighted by Crippen LogP contribution is -2.29. The average molecular weight is 841 g/mol. The average Bonchev–Trinajstić information content (AvgIpc) is 3.91. The first kappa shape index (κ1) is 37.8. The van der Waals surface area contributed by atoms with Crippen molar-refractivity contribution in [3.05, 3.63) is 265 Å². The Bertz CT molecular complexity index is 3710. The Hall–Kier alpha value is -8.73. The molecule has 0 saturated carbocycles. The van der Waals surface area contributed by atoms with Gasteiger partial charge in [-0.25, -0.2) is 15.0 Å². The summed E-state index contributed by atoms with van der Waals surface area (Å²) in [6.45, 7) is 0. The topological polar surface area (TPSA) is 43.6 Å². The number of hydrogen-bond donors (Lipinski definition) is 0. The van der Waals surface area contributed by atoms with Gasteiger partial charge in [0.25, 0.3) is 0 Å². The predicted octanol–water partition coefficient (Wildman–Crippen LogP) is 15.2. The van der Waals surface area contributed by atoms with Gasteiger partial charge in [-0.05, 0) is 85.6 Å². The van der Waals surface area contributed by atoms with Gasteiger partial charge in [-0.1, -0.05) is 212 Å². The van der Waals surface area contributed by atoms with Crippen molar-refractivity contribution in [2.24, 2.45) is 0 Å². The van der Waals surface area contributed by atoms with Gasteiger partial charge in [0.2, 0.25) is 0 Å². The van der Waals surface area contributed by atoms with Gasteiger partial charge < -0.3 is 4.57 Å². The fourth-order valence-electron chi connectivity index (χ4n) is 10.7. The summed E-state index contributed by atoms with van der Waals surface area (Å²) >= 11 is 0. The quantitative estimate of drug-likeness (QED) is 0.161. The van der Waals surface area contributed by atoms with E-state index in [9.17, 15) is 0 Å². The van der Waals surface area contributed by atoms with Crippen LogP contribution in [0.25, 0.3) is 94.7 Å². The summed E-state index contributed by atoms with van der Waals surface area (Å²) in [5.74, 6) is 1.92. The summed E-state index contributed by atoms with van der Waals surface area (Å²) in [7, 11) is 0. The van der Waals surface area contributed by atoms with Crippen LogP contribution in [0.1, 0.15) is 22.3 Å². The van der Waals surface area contributed by atoms with Crippen LogP contribution in [-0.2, 0) is 5.41 Å². The normalized spacial score (nSPS) is 12.7. The van der Waals surface area contributed by atoms with Crippen molar-refractivity contribution >= 4 is 32.6 Å². The highest BCUT2D eigenvalue weighted by Gasteiger charge is 2.48. The monoisotopic (exact) mass is 840 g/mol. The molecule has 4 nitrogen and oxygen atoms in total. The van der Waals surface area contributed by atoms with Crippen LogP contribution in [0.3, 0.4) is 0 Å². The van der Waals surface area contributed by atoms with E-state index in [1.807, 2.05) is 60.7 Å². The summed E-state index contributed by atoms with van der Waals surface area (Å²) in [6, 6.07) is 87.3. The van der Waals surface area contributed by atoms with Crippen LogP contribution >= 0.6 is 0 Å². The SMILES string of the molecule is c1ccc(-c2nc(-c3ccccc3)nc(-c3cccc(-c4cccc(-n5c6ccccc6c6c7c(ccc65)-c5ccc6ccccc6c5C7(c5ccccc5)c5ccccc5)c4)c3)n2)cc1. The summed E-state index contributed by atoms with van der Waals surface area (Å²) in [5.41, 5.74) is 15.5. The smallest absolute Gasteiger partial charge is 0.164 e. The maximum atomic E-state index is 5.05. The van der Waals surface area contributed by atoms with E-state index < -0.39 is 5.41 Å². The molecule has 0 saturated heterocycles. The third kappa shape index (κ3) is 5.82. The summed E-state index contributed by atoms with van der Waals surface area (Å²) < 4.78 is 2.46. The van der Waals surface area contributed by atoms with Gasteiger partial charge in [-0.2, -0.15) is 0 Å². The van der Waals surface area contributed by atoms with Gasteiger partial charge in [0.1, 0.15) is 0 Å². The lowest BCUT2D eigenvalue weighted by molar-refractivity contribution is 0.783. The van der Waals surface area contributed by atoms with E-state index in [2.05, 4.69) is 187 Å². The predicted molar refractivity (Wildman–Crippen MR) is 271 cm³/mol. The standard InChI is InChI=1S/C62H40N4/c1-5-20-42(21-6-1)59-63-60(43-22-7-2-8-23-43)65-61(64-59)46-26-17-24-44(39-46)45-25-18-31-49(40-45)66-54-34-16-15-33-53(54)56-55(66)38-37-52-51-36-35-41-19-13-14-32-50(41)57(51)62(58(52)56,47-27-9-3-10-28-47)48-29-11-4-12-30-48/h1-40H. The maximum Gasteiger partial charge on any atom is 0.164 e. The van der Waals surface area contributed by atoms with Gasteiger partial charge in [-0.15, -0.1) is 0 Å². The summed E-state index contributed by atoms with van der Waals surface area (Å²) in [5, 5.41) is 5.00. The van der Waals surface area contributed by atoms with Crippen molar-refractivity contribution in [2.45, 2.75) is 5.41 Å². The van der Waals surface area contributed by atoms with Crippen LogP contribution in [0.5, 0.6) is 0 Å².